The molecular weight excluding hydrogens is 236 g/mol. The summed E-state index contributed by atoms with van der Waals surface area (Å²) in [5.74, 6) is -1.26. The number of hydrogen-bond donors (Lipinski definition) is 1. The predicted molar refractivity (Wildman–Crippen MR) is 64.0 cm³/mol. The van der Waals surface area contributed by atoms with Crippen LogP contribution in [0.15, 0.2) is 12.1 Å². The van der Waals surface area contributed by atoms with Crippen molar-refractivity contribution in [3.8, 4) is 17.2 Å². The molecule has 0 saturated heterocycles. The van der Waals surface area contributed by atoms with E-state index in [1.54, 1.807) is 13.8 Å². The number of cyclic esters (lactones) is 1. The SMILES string of the molecule is CCCOc1ccc(O)c2c1C(=O)OC(C)(C)O2. The van der Waals surface area contributed by atoms with Crippen molar-refractivity contribution in [2.45, 2.75) is 33.0 Å². The summed E-state index contributed by atoms with van der Waals surface area (Å²) in [6, 6.07) is 2.98. The third kappa shape index (κ3) is 2.20. The quantitative estimate of drug-likeness (QED) is 0.837. The molecule has 1 aromatic rings. The van der Waals surface area contributed by atoms with Crippen LogP contribution >= 0.6 is 0 Å². The number of esters is 1. The highest BCUT2D eigenvalue weighted by atomic mass is 16.7. The van der Waals surface area contributed by atoms with Crippen LogP contribution in [0.5, 0.6) is 17.2 Å². The number of aromatic hydroxyl groups is 1. The molecule has 18 heavy (non-hydrogen) atoms. The van der Waals surface area contributed by atoms with Gasteiger partial charge in [0.1, 0.15) is 11.3 Å². The summed E-state index contributed by atoms with van der Waals surface area (Å²) in [6.07, 6.45) is 0.817. The van der Waals surface area contributed by atoms with Crippen LogP contribution in [0.3, 0.4) is 0 Å². The molecule has 2 rings (SSSR count). The van der Waals surface area contributed by atoms with E-state index >= 15 is 0 Å². The van der Waals surface area contributed by atoms with Crippen molar-refractivity contribution in [2.75, 3.05) is 6.61 Å². The summed E-state index contributed by atoms with van der Waals surface area (Å²) < 4.78 is 16.0. The maximum atomic E-state index is 11.9. The van der Waals surface area contributed by atoms with Crippen molar-refractivity contribution in [3.05, 3.63) is 17.7 Å². The maximum Gasteiger partial charge on any atom is 0.349 e. The third-order valence-corrected chi connectivity index (χ3v) is 2.45. The van der Waals surface area contributed by atoms with Crippen molar-refractivity contribution in [2.24, 2.45) is 0 Å². The Bertz CT molecular complexity index is 479. The minimum absolute atomic E-state index is 0.0985. The van der Waals surface area contributed by atoms with Crippen LogP contribution in [-0.4, -0.2) is 23.5 Å². The van der Waals surface area contributed by atoms with E-state index in [0.29, 0.717) is 12.4 Å². The molecule has 1 N–H and O–H groups in total. The Balaban J connectivity index is 2.47. The Morgan fingerprint density at radius 2 is 2.06 bits per heavy atom. The number of rotatable bonds is 3. The number of fused-ring (bicyclic) bond motifs is 1. The van der Waals surface area contributed by atoms with Gasteiger partial charge in [-0.3, -0.25) is 0 Å². The van der Waals surface area contributed by atoms with Crippen LogP contribution in [0.1, 0.15) is 37.6 Å². The van der Waals surface area contributed by atoms with E-state index in [1.807, 2.05) is 6.92 Å². The number of phenols is 1. The molecule has 0 amide bonds. The topological polar surface area (TPSA) is 65.0 Å². The zero-order chi connectivity index (χ0) is 13.3. The lowest BCUT2D eigenvalue weighted by Gasteiger charge is -2.32. The van der Waals surface area contributed by atoms with E-state index in [2.05, 4.69) is 0 Å². The van der Waals surface area contributed by atoms with Gasteiger partial charge >= 0.3 is 5.97 Å². The van der Waals surface area contributed by atoms with Gasteiger partial charge in [0.05, 0.1) is 6.61 Å². The number of benzene rings is 1. The van der Waals surface area contributed by atoms with Crippen LogP contribution in [0.2, 0.25) is 0 Å². The highest BCUT2D eigenvalue weighted by Gasteiger charge is 2.38. The first-order chi connectivity index (χ1) is 8.44. The minimum atomic E-state index is -1.09. The average Bonchev–Trinajstić information content (AvgIpc) is 2.27. The second-order valence-corrected chi connectivity index (χ2v) is 4.53. The van der Waals surface area contributed by atoms with Crippen LogP contribution in [0.25, 0.3) is 0 Å². The lowest BCUT2D eigenvalue weighted by Crippen LogP contribution is -2.39. The normalized spacial score (nSPS) is 16.5. The van der Waals surface area contributed by atoms with Crippen LogP contribution in [0, 0.1) is 0 Å². The summed E-state index contributed by atoms with van der Waals surface area (Å²) >= 11 is 0. The van der Waals surface area contributed by atoms with Gasteiger partial charge in [0.2, 0.25) is 5.79 Å². The molecule has 5 heteroatoms. The molecule has 0 saturated carbocycles. The van der Waals surface area contributed by atoms with Gasteiger partial charge < -0.3 is 19.3 Å². The van der Waals surface area contributed by atoms with Gasteiger partial charge in [-0.05, 0) is 18.6 Å². The summed E-state index contributed by atoms with van der Waals surface area (Å²) in [4.78, 5) is 11.9. The first-order valence-corrected chi connectivity index (χ1v) is 5.85. The Hall–Kier alpha value is -1.91. The van der Waals surface area contributed by atoms with Crippen molar-refractivity contribution in [3.63, 3.8) is 0 Å². The largest absolute Gasteiger partial charge is 0.504 e. The molecule has 0 bridgehead atoms. The molecule has 1 aliphatic rings. The van der Waals surface area contributed by atoms with Crippen molar-refractivity contribution in [1.29, 1.82) is 0 Å². The fourth-order valence-corrected chi connectivity index (χ4v) is 1.72. The molecule has 1 heterocycles. The van der Waals surface area contributed by atoms with E-state index in [-0.39, 0.29) is 17.1 Å². The van der Waals surface area contributed by atoms with E-state index in [4.69, 9.17) is 14.2 Å². The van der Waals surface area contributed by atoms with Gasteiger partial charge in [-0.2, -0.15) is 0 Å². The van der Waals surface area contributed by atoms with Crippen LogP contribution in [0.4, 0.5) is 0 Å². The molecule has 1 aliphatic heterocycles. The lowest BCUT2D eigenvalue weighted by atomic mass is 10.1. The Labute approximate surface area is 105 Å². The van der Waals surface area contributed by atoms with E-state index < -0.39 is 11.8 Å². The zero-order valence-electron chi connectivity index (χ0n) is 10.6. The van der Waals surface area contributed by atoms with Gasteiger partial charge in [-0.15, -0.1) is 0 Å². The van der Waals surface area contributed by atoms with E-state index in [1.165, 1.54) is 12.1 Å². The summed E-state index contributed by atoms with van der Waals surface area (Å²) in [5.41, 5.74) is 0.141. The van der Waals surface area contributed by atoms with Gasteiger partial charge in [-0.1, -0.05) is 6.92 Å². The summed E-state index contributed by atoms with van der Waals surface area (Å²) in [7, 11) is 0. The highest BCUT2D eigenvalue weighted by Crippen LogP contribution is 2.42. The zero-order valence-corrected chi connectivity index (χ0v) is 10.6. The smallest absolute Gasteiger partial charge is 0.349 e. The number of carbonyl (C=O) groups is 1. The van der Waals surface area contributed by atoms with Gasteiger partial charge in [0.15, 0.2) is 11.5 Å². The number of carbonyl (C=O) groups excluding carboxylic acids is 1. The molecule has 0 spiro atoms. The predicted octanol–water partition coefficient (Wildman–Crippen LogP) is 2.47. The van der Waals surface area contributed by atoms with Gasteiger partial charge in [0, 0.05) is 13.8 Å². The molecule has 0 atom stereocenters. The van der Waals surface area contributed by atoms with Gasteiger partial charge in [0.25, 0.3) is 0 Å². The second kappa shape index (κ2) is 4.40. The standard InChI is InChI=1S/C13H16O5/c1-4-7-16-9-6-5-8(14)11-10(9)12(15)18-13(2,3)17-11/h5-6,14H,4,7H2,1-3H3. The Morgan fingerprint density at radius 3 is 2.72 bits per heavy atom. The molecule has 0 aromatic heterocycles. The molecular formula is C13H16O5. The first-order valence-electron chi connectivity index (χ1n) is 5.85. The van der Waals surface area contributed by atoms with Crippen molar-refractivity contribution in [1.82, 2.24) is 0 Å². The van der Waals surface area contributed by atoms with Crippen LogP contribution in [-0.2, 0) is 4.74 Å². The highest BCUT2D eigenvalue weighted by molar-refractivity contribution is 5.97. The molecule has 5 nitrogen and oxygen atoms in total. The maximum absolute atomic E-state index is 11.9. The monoisotopic (exact) mass is 252 g/mol. The third-order valence-electron chi connectivity index (χ3n) is 2.45. The fourth-order valence-electron chi connectivity index (χ4n) is 1.72. The lowest BCUT2D eigenvalue weighted by molar-refractivity contribution is -0.128. The molecule has 1 aromatic carbocycles. The Morgan fingerprint density at radius 1 is 1.33 bits per heavy atom. The number of hydrogen-bond acceptors (Lipinski definition) is 5. The first kappa shape index (κ1) is 12.5. The van der Waals surface area contributed by atoms with Crippen LogP contribution < -0.4 is 9.47 Å². The molecule has 0 fully saturated rings. The van der Waals surface area contributed by atoms with E-state index in [9.17, 15) is 9.90 Å². The Kier molecular flexibility index (Phi) is 3.07. The second-order valence-electron chi connectivity index (χ2n) is 4.53. The number of phenolic OH excluding ortho intramolecular Hbond substituents is 1. The van der Waals surface area contributed by atoms with Crippen molar-refractivity contribution >= 4 is 5.97 Å². The van der Waals surface area contributed by atoms with E-state index in [0.717, 1.165) is 6.42 Å². The molecule has 0 aliphatic carbocycles. The summed E-state index contributed by atoms with van der Waals surface area (Å²) in [5, 5.41) is 9.77. The fraction of sp³-hybridized carbons (Fsp3) is 0.462. The number of ether oxygens (including phenoxy) is 3. The van der Waals surface area contributed by atoms with Gasteiger partial charge in [-0.25, -0.2) is 4.79 Å². The average molecular weight is 252 g/mol. The summed E-state index contributed by atoms with van der Waals surface area (Å²) in [6.45, 7) is 5.65. The van der Waals surface area contributed by atoms with Crippen molar-refractivity contribution < 1.29 is 24.1 Å². The molecule has 0 radical (unpaired) electrons. The molecule has 98 valence electrons. The molecule has 0 unspecified atom stereocenters. The minimum Gasteiger partial charge on any atom is -0.504 e.